The highest BCUT2D eigenvalue weighted by Gasteiger charge is 2.10. The molecule has 0 aliphatic heterocycles. The largest absolute Gasteiger partial charge is 0.377 e. The molecule has 2 aromatic carbocycles. The molecule has 6 heteroatoms. The van der Waals surface area contributed by atoms with Gasteiger partial charge in [-0.25, -0.2) is 9.38 Å². The van der Waals surface area contributed by atoms with Crippen molar-refractivity contribution < 1.29 is 0 Å². The fourth-order valence-corrected chi connectivity index (χ4v) is 4.48. The lowest BCUT2D eigenvalue weighted by Gasteiger charge is -2.14. The Morgan fingerprint density at radius 1 is 1.21 bits per heavy atom. The second kappa shape index (κ2) is 5.72. The van der Waals surface area contributed by atoms with Gasteiger partial charge in [0.05, 0.1) is 21.3 Å². The summed E-state index contributed by atoms with van der Waals surface area (Å²) in [7, 11) is 4.00. The van der Waals surface area contributed by atoms with E-state index in [0.29, 0.717) is 4.53 Å². The van der Waals surface area contributed by atoms with Gasteiger partial charge in [-0.2, -0.15) is 0 Å². The molecular weight excluding hydrogens is 386 g/mol. The van der Waals surface area contributed by atoms with E-state index in [1.54, 1.807) is 4.40 Å². The minimum absolute atomic E-state index is 0.0171. The normalized spacial score (nSPS) is 12.4. The van der Waals surface area contributed by atoms with E-state index >= 15 is 0 Å². The second-order valence-electron chi connectivity index (χ2n) is 5.74. The molecule has 0 fully saturated rings. The molecule has 4 nitrogen and oxygen atoms in total. The molecule has 0 bridgehead atoms. The molecule has 0 spiro atoms. The van der Waals surface area contributed by atoms with Gasteiger partial charge in [0.25, 0.3) is 5.56 Å². The van der Waals surface area contributed by atoms with Gasteiger partial charge in [-0.1, -0.05) is 29.5 Å². The zero-order chi connectivity index (χ0) is 16.8. The number of anilines is 1. The number of imidazole rings is 1. The summed E-state index contributed by atoms with van der Waals surface area (Å²) in [6, 6.07) is 13.8. The lowest BCUT2D eigenvalue weighted by Crippen LogP contribution is -2.22. The molecule has 24 heavy (non-hydrogen) atoms. The van der Waals surface area contributed by atoms with E-state index in [9.17, 15) is 4.79 Å². The van der Waals surface area contributed by atoms with Crippen LogP contribution in [0, 0.1) is 0 Å². The molecule has 4 aromatic rings. The average Bonchev–Trinajstić information content (AvgIpc) is 3.04. The van der Waals surface area contributed by atoms with E-state index in [-0.39, 0.29) is 5.56 Å². The van der Waals surface area contributed by atoms with Crippen molar-refractivity contribution in [2.24, 2.45) is 0 Å². The lowest BCUT2D eigenvalue weighted by atomic mass is 10.2. The van der Waals surface area contributed by atoms with E-state index in [1.807, 2.05) is 67.5 Å². The van der Waals surface area contributed by atoms with Crippen LogP contribution in [0.5, 0.6) is 0 Å². The maximum atomic E-state index is 12.8. The quantitative estimate of drug-likeness (QED) is 0.518. The molecule has 2 heterocycles. The van der Waals surface area contributed by atoms with Gasteiger partial charge in [0, 0.05) is 18.6 Å². The van der Waals surface area contributed by atoms with Crippen LogP contribution in [0.3, 0.4) is 0 Å². The maximum Gasteiger partial charge on any atom is 0.274 e. The van der Waals surface area contributed by atoms with Gasteiger partial charge in [-0.05, 0) is 51.8 Å². The fraction of sp³-hybridized carbons (Fsp3) is 0.111. The summed E-state index contributed by atoms with van der Waals surface area (Å²) in [5.74, 6) is 0. The summed E-state index contributed by atoms with van der Waals surface area (Å²) >= 11 is 5.00. The van der Waals surface area contributed by atoms with Crippen LogP contribution >= 0.6 is 27.3 Å². The zero-order valence-electron chi connectivity index (χ0n) is 13.2. The number of hydrogen-bond donors (Lipinski definition) is 0. The highest BCUT2D eigenvalue weighted by Crippen LogP contribution is 2.26. The summed E-state index contributed by atoms with van der Waals surface area (Å²) in [4.78, 5) is 20.1. The van der Waals surface area contributed by atoms with Crippen molar-refractivity contribution in [3.05, 3.63) is 67.4 Å². The Balaban J connectivity index is 1.90. The van der Waals surface area contributed by atoms with Gasteiger partial charge in [-0.3, -0.25) is 4.79 Å². The second-order valence-corrected chi connectivity index (χ2v) is 7.60. The number of rotatable bonds is 2. The van der Waals surface area contributed by atoms with Crippen molar-refractivity contribution in [3.63, 3.8) is 0 Å². The molecule has 120 valence electrons. The summed E-state index contributed by atoms with van der Waals surface area (Å²) in [5, 5.41) is 0. The predicted octanol–water partition coefficient (Wildman–Crippen LogP) is 3.29. The Morgan fingerprint density at radius 2 is 2.00 bits per heavy atom. The number of hydrogen-bond acceptors (Lipinski definition) is 4. The molecule has 0 N–H and O–H groups in total. The number of thiazole rings is 1. The monoisotopic (exact) mass is 399 g/mol. The van der Waals surface area contributed by atoms with Crippen LogP contribution in [-0.2, 0) is 0 Å². The van der Waals surface area contributed by atoms with E-state index in [0.717, 1.165) is 31.7 Å². The van der Waals surface area contributed by atoms with Crippen molar-refractivity contribution >= 4 is 55.0 Å². The van der Waals surface area contributed by atoms with Crippen molar-refractivity contribution in [1.29, 1.82) is 0 Å². The first-order chi connectivity index (χ1) is 11.5. The molecule has 0 saturated carbocycles. The molecule has 0 atom stereocenters. The third kappa shape index (κ3) is 2.42. The highest BCUT2D eigenvalue weighted by atomic mass is 79.9. The van der Waals surface area contributed by atoms with Crippen LogP contribution in [-0.4, -0.2) is 23.5 Å². The minimum Gasteiger partial charge on any atom is -0.377 e. The Morgan fingerprint density at radius 3 is 2.75 bits per heavy atom. The molecule has 0 aliphatic rings. The van der Waals surface area contributed by atoms with Gasteiger partial charge in [-0.15, -0.1) is 0 Å². The molecular formula is C18H14BrN3OS. The van der Waals surface area contributed by atoms with E-state index in [4.69, 9.17) is 0 Å². The average molecular weight is 400 g/mol. The molecule has 4 rings (SSSR count). The number of para-hydroxylation sites is 2. The van der Waals surface area contributed by atoms with Gasteiger partial charge in [0.15, 0.2) is 4.96 Å². The molecule has 0 radical (unpaired) electrons. The van der Waals surface area contributed by atoms with Crippen LogP contribution in [0.25, 0.3) is 22.1 Å². The lowest BCUT2D eigenvalue weighted by molar-refractivity contribution is 1.12. The molecule has 0 unspecified atom stereocenters. The molecule has 2 aromatic heterocycles. The summed E-state index contributed by atoms with van der Waals surface area (Å²) in [6.45, 7) is 0. The Kier molecular flexibility index (Phi) is 3.66. The van der Waals surface area contributed by atoms with Crippen LogP contribution in [0.1, 0.15) is 5.56 Å². The van der Waals surface area contributed by atoms with E-state index in [1.165, 1.54) is 11.3 Å². The number of aromatic nitrogens is 2. The van der Waals surface area contributed by atoms with Crippen molar-refractivity contribution in [1.82, 2.24) is 9.38 Å². The first-order valence-corrected chi connectivity index (χ1v) is 9.04. The molecule has 0 saturated heterocycles. The van der Waals surface area contributed by atoms with Gasteiger partial charge < -0.3 is 4.90 Å². The van der Waals surface area contributed by atoms with Gasteiger partial charge in [0.1, 0.15) is 0 Å². The number of nitrogens with zero attached hydrogens (tertiary/aromatic N) is 3. The van der Waals surface area contributed by atoms with Crippen LogP contribution in [0.2, 0.25) is 0 Å². The zero-order valence-corrected chi connectivity index (χ0v) is 15.6. The number of benzene rings is 2. The Hall–Kier alpha value is -2.18. The first kappa shape index (κ1) is 15.4. The Bertz CT molecular complexity index is 1180. The number of halogens is 1. The van der Waals surface area contributed by atoms with Crippen molar-refractivity contribution in [2.75, 3.05) is 19.0 Å². The predicted molar refractivity (Wildman–Crippen MR) is 104 cm³/mol. The van der Waals surface area contributed by atoms with Crippen molar-refractivity contribution in [3.8, 4) is 0 Å². The smallest absolute Gasteiger partial charge is 0.274 e. The van der Waals surface area contributed by atoms with Crippen LogP contribution in [0.15, 0.2) is 51.7 Å². The van der Waals surface area contributed by atoms with Crippen LogP contribution in [0.4, 0.5) is 5.69 Å². The molecule has 0 amide bonds. The third-order valence-corrected chi connectivity index (χ3v) is 5.50. The van der Waals surface area contributed by atoms with Gasteiger partial charge in [0.2, 0.25) is 0 Å². The van der Waals surface area contributed by atoms with E-state index in [2.05, 4.69) is 20.9 Å². The summed E-state index contributed by atoms with van der Waals surface area (Å²) in [5.41, 5.74) is 3.78. The third-order valence-electron chi connectivity index (χ3n) is 3.90. The summed E-state index contributed by atoms with van der Waals surface area (Å²) in [6.07, 6.45) is 1.92. The van der Waals surface area contributed by atoms with Gasteiger partial charge >= 0.3 is 0 Å². The topological polar surface area (TPSA) is 37.6 Å². The molecule has 0 aliphatic carbocycles. The standard InChI is InChI=1S/C18H14BrN3OS/c1-21(2)14-8-7-11(9-12(14)19)10-16-17(23)22-15-6-4-3-5-13(15)20-18(22)24-16/h3-10H,1-2H3/b16-10-. The highest BCUT2D eigenvalue weighted by molar-refractivity contribution is 9.10. The van der Waals surface area contributed by atoms with E-state index < -0.39 is 0 Å². The maximum absolute atomic E-state index is 12.8. The van der Waals surface area contributed by atoms with Crippen LogP contribution < -0.4 is 15.0 Å². The first-order valence-electron chi connectivity index (χ1n) is 7.43. The minimum atomic E-state index is -0.0171. The fourth-order valence-electron chi connectivity index (χ4n) is 2.74. The summed E-state index contributed by atoms with van der Waals surface area (Å²) < 4.78 is 3.38. The SMILES string of the molecule is CN(C)c1ccc(/C=c2\sc3nc4ccccc4n3c2=O)cc1Br. The van der Waals surface area contributed by atoms with Crippen molar-refractivity contribution in [2.45, 2.75) is 0 Å². The Labute approximate surface area is 150 Å². The number of fused-ring (bicyclic) bond motifs is 3.